The maximum Gasteiger partial charge on any atom is 0.186 e. The molecule has 1 saturated heterocycles. The second kappa shape index (κ2) is 8.01. The molecule has 1 spiro atoms. The Kier molecular flexibility index (Phi) is 4.94. The molecule has 0 N–H and O–H groups in total. The van der Waals surface area contributed by atoms with Gasteiger partial charge in [-0.2, -0.15) is 0 Å². The van der Waals surface area contributed by atoms with Crippen LogP contribution in [0.1, 0.15) is 66.0 Å². The lowest BCUT2D eigenvalue weighted by atomic mass is 9.63. The number of benzene rings is 2. The normalized spacial score (nSPS) is 19.1. The molecular formula is C30H30FN3OS. The van der Waals surface area contributed by atoms with Crippen molar-refractivity contribution in [1.29, 1.82) is 0 Å². The summed E-state index contributed by atoms with van der Waals surface area (Å²) >= 11 is 1.61. The van der Waals surface area contributed by atoms with Crippen molar-refractivity contribution in [2.24, 2.45) is 5.41 Å². The number of anilines is 1. The average molecular weight is 500 g/mol. The highest BCUT2D eigenvalue weighted by atomic mass is 32.1. The maximum absolute atomic E-state index is 14.4. The monoisotopic (exact) mass is 499 g/mol. The van der Waals surface area contributed by atoms with Gasteiger partial charge in [-0.05, 0) is 92.7 Å². The standard InChI is InChI=1S/C30H30FN3OS/c1-17-13-22(31)26-23(14-17)36-29(32-26)34-11-9-30(10-12-34)15-21(16-30)25-27(33-35-28(25)20-7-8-20)24-18(2)5-4-6-19(24)3/h4-6,13-15,20H,7-12,16H2,1-3H3. The molecule has 0 amide bonds. The second-order valence-corrected chi connectivity index (χ2v) is 12.1. The lowest BCUT2D eigenvalue weighted by Crippen LogP contribution is -2.42. The van der Waals surface area contributed by atoms with Gasteiger partial charge in [-0.15, -0.1) is 0 Å². The Labute approximate surface area is 214 Å². The third-order valence-electron chi connectivity index (χ3n) is 8.34. The predicted octanol–water partition coefficient (Wildman–Crippen LogP) is 7.97. The molecular weight excluding hydrogens is 469 g/mol. The molecule has 1 aliphatic heterocycles. The van der Waals surface area contributed by atoms with E-state index in [0.717, 1.165) is 59.2 Å². The zero-order valence-corrected chi connectivity index (χ0v) is 21.8. The van der Waals surface area contributed by atoms with Crippen molar-refractivity contribution in [2.45, 2.75) is 58.8 Å². The first kappa shape index (κ1) is 22.2. The number of nitrogens with zero attached hydrogens (tertiary/aromatic N) is 3. The van der Waals surface area contributed by atoms with Gasteiger partial charge in [0.15, 0.2) is 10.9 Å². The van der Waals surface area contributed by atoms with Crippen LogP contribution in [0.15, 0.2) is 40.9 Å². The third-order valence-corrected chi connectivity index (χ3v) is 9.40. The Morgan fingerprint density at radius 3 is 2.47 bits per heavy atom. The van der Waals surface area contributed by atoms with Gasteiger partial charge in [-0.25, -0.2) is 9.37 Å². The Morgan fingerprint density at radius 2 is 1.78 bits per heavy atom. The first-order chi connectivity index (χ1) is 17.4. The summed E-state index contributed by atoms with van der Waals surface area (Å²) in [5.41, 5.74) is 9.10. The molecule has 0 atom stereocenters. The Hall–Kier alpha value is -2.99. The van der Waals surface area contributed by atoms with Crippen LogP contribution < -0.4 is 4.90 Å². The predicted molar refractivity (Wildman–Crippen MR) is 144 cm³/mol. The molecule has 2 aliphatic carbocycles. The molecule has 2 aromatic heterocycles. The van der Waals surface area contributed by atoms with Gasteiger partial charge in [0.2, 0.25) is 0 Å². The second-order valence-electron chi connectivity index (χ2n) is 11.1. The molecule has 6 heteroatoms. The average Bonchev–Trinajstić information content (AvgIpc) is 3.44. The first-order valence-electron chi connectivity index (χ1n) is 13.0. The highest BCUT2D eigenvalue weighted by Gasteiger charge is 2.44. The summed E-state index contributed by atoms with van der Waals surface area (Å²) in [7, 11) is 0. The van der Waals surface area contributed by atoms with Gasteiger partial charge in [0.05, 0.1) is 4.70 Å². The summed E-state index contributed by atoms with van der Waals surface area (Å²) in [4.78, 5) is 7.00. The van der Waals surface area contributed by atoms with Crippen LogP contribution in [0.3, 0.4) is 0 Å². The van der Waals surface area contributed by atoms with Crippen molar-refractivity contribution < 1.29 is 8.91 Å². The van der Waals surface area contributed by atoms with Crippen LogP contribution >= 0.6 is 11.3 Å². The molecule has 1 saturated carbocycles. The van der Waals surface area contributed by atoms with Gasteiger partial charge in [0.25, 0.3) is 0 Å². The van der Waals surface area contributed by atoms with E-state index in [-0.39, 0.29) is 11.2 Å². The number of hydrogen-bond donors (Lipinski definition) is 0. The van der Waals surface area contributed by atoms with Crippen LogP contribution in [-0.4, -0.2) is 23.2 Å². The van der Waals surface area contributed by atoms with Crippen LogP contribution in [0.5, 0.6) is 0 Å². The van der Waals surface area contributed by atoms with E-state index in [1.807, 2.05) is 13.0 Å². The van der Waals surface area contributed by atoms with Crippen molar-refractivity contribution in [1.82, 2.24) is 10.1 Å². The van der Waals surface area contributed by atoms with Gasteiger partial charge >= 0.3 is 0 Å². The van der Waals surface area contributed by atoms with Crippen molar-refractivity contribution in [3.8, 4) is 11.3 Å². The lowest BCUT2D eigenvalue weighted by Gasteiger charge is -2.46. The van der Waals surface area contributed by atoms with Gasteiger partial charge in [-0.3, -0.25) is 0 Å². The number of aryl methyl sites for hydroxylation is 3. The van der Waals surface area contributed by atoms with Gasteiger partial charge in [0.1, 0.15) is 17.0 Å². The highest BCUT2D eigenvalue weighted by Crippen LogP contribution is 2.56. The van der Waals surface area contributed by atoms with E-state index in [1.54, 1.807) is 17.4 Å². The fraction of sp³-hybridized carbons (Fsp3) is 0.400. The third kappa shape index (κ3) is 3.52. The summed E-state index contributed by atoms with van der Waals surface area (Å²) in [6, 6.07) is 10.1. The molecule has 0 radical (unpaired) electrons. The zero-order valence-electron chi connectivity index (χ0n) is 21.0. The Balaban J connectivity index is 1.16. The number of halogens is 1. The molecule has 36 heavy (non-hydrogen) atoms. The number of piperidine rings is 1. The summed E-state index contributed by atoms with van der Waals surface area (Å²) in [6.45, 7) is 8.17. The largest absolute Gasteiger partial charge is 0.360 e. The van der Waals surface area contributed by atoms with E-state index in [2.05, 4.69) is 53.2 Å². The molecule has 3 heterocycles. The lowest BCUT2D eigenvalue weighted by molar-refractivity contribution is 0.277. The maximum atomic E-state index is 14.4. The number of allylic oxidation sites excluding steroid dienone is 2. The molecule has 0 unspecified atom stereocenters. The number of hydrogen-bond acceptors (Lipinski definition) is 5. The van der Waals surface area contributed by atoms with E-state index < -0.39 is 0 Å². The molecule has 184 valence electrons. The van der Waals surface area contributed by atoms with E-state index in [1.165, 1.54) is 40.7 Å². The van der Waals surface area contributed by atoms with Crippen molar-refractivity contribution in [2.75, 3.05) is 18.0 Å². The number of rotatable bonds is 4. The molecule has 7 rings (SSSR count). The van der Waals surface area contributed by atoms with E-state index in [4.69, 9.17) is 4.52 Å². The van der Waals surface area contributed by atoms with Crippen LogP contribution in [-0.2, 0) is 0 Å². The van der Waals surface area contributed by atoms with Gasteiger partial charge in [0, 0.05) is 30.1 Å². The number of fused-ring (bicyclic) bond motifs is 1. The minimum Gasteiger partial charge on any atom is -0.360 e. The Morgan fingerprint density at radius 1 is 1.06 bits per heavy atom. The first-order valence-corrected chi connectivity index (χ1v) is 13.8. The molecule has 2 fully saturated rings. The molecule has 3 aliphatic rings. The summed E-state index contributed by atoms with van der Waals surface area (Å²) in [5.74, 6) is 1.40. The molecule has 4 nitrogen and oxygen atoms in total. The van der Waals surface area contributed by atoms with Crippen LogP contribution in [0.25, 0.3) is 27.0 Å². The number of thiazole rings is 1. The highest BCUT2D eigenvalue weighted by molar-refractivity contribution is 7.22. The smallest absolute Gasteiger partial charge is 0.186 e. The summed E-state index contributed by atoms with van der Waals surface area (Å²) in [5, 5.41) is 5.57. The quantitative estimate of drug-likeness (QED) is 0.286. The minimum absolute atomic E-state index is 0.215. The summed E-state index contributed by atoms with van der Waals surface area (Å²) < 4.78 is 21.3. The Bertz CT molecular complexity index is 1520. The fourth-order valence-corrected chi connectivity index (χ4v) is 7.31. The van der Waals surface area contributed by atoms with Crippen LogP contribution in [0, 0.1) is 32.0 Å². The van der Waals surface area contributed by atoms with Crippen LogP contribution in [0.4, 0.5) is 9.52 Å². The topological polar surface area (TPSA) is 42.2 Å². The minimum atomic E-state index is -0.215. The van der Waals surface area contributed by atoms with Gasteiger partial charge < -0.3 is 9.42 Å². The molecule has 2 aromatic carbocycles. The van der Waals surface area contributed by atoms with E-state index in [0.29, 0.717) is 11.4 Å². The van der Waals surface area contributed by atoms with E-state index >= 15 is 0 Å². The van der Waals surface area contributed by atoms with Crippen molar-refractivity contribution >= 4 is 32.3 Å². The van der Waals surface area contributed by atoms with Crippen molar-refractivity contribution in [3.63, 3.8) is 0 Å². The number of aromatic nitrogens is 2. The van der Waals surface area contributed by atoms with Gasteiger partial charge in [-0.1, -0.05) is 40.8 Å². The van der Waals surface area contributed by atoms with Crippen molar-refractivity contribution in [3.05, 3.63) is 70.2 Å². The molecule has 4 aromatic rings. The van der Waals surface area contributed by atoms with Crippen LogP contribution in [0.2, 0.25) is 0 Å². The van der Waals surface area contributed by atoms with E-state index in [9.17, 15) is 4.39 Å². The zero-order chi connectivity index (χ0) is 24.6. The SMILES string of the molecule is Cc1cc(F)c2nc(N3CCC4(C=C(c5c(-c6c(C)cccc6C)noc5C5CC5)C4)CC3)sc2c1. The molecule has 0 bridgehead atoms. The summed E-state index contributed by atoms with van der Waals surface area (Å²) in [6.07, 6.45) is 8.18. The fourth-order valence-electron chi connectivity index (χ4n) is 6.18.